The van der Waals surface area contributed by atoms with Gasteiger partial charge in [0.2, 0.25) is 0 Å². The molecule has 0 spiro atoms. The summed E-state index contributed by atoms with van der Waals surface area (Å²) in [4.78, 5) is 0. The third kappa shape index (κ3) is 2.33. The van der Waals surface area contributed by atoms with Crippen LogP contribution in [0.15, 0.2) is 24.3 Å². The summed E-state index contributed by atoms with van der Waals surface area (Å²) in [6.07, 6.45) is 7.66. The van der Waals surface area contributed by atoms with Crippen LogP contribution in [0.2, 0.25) is 0 Å². The van der Waals surface area contributed by atoms with E-state index in [-0.39, 0.29) is 5.54 Å². The standard InChI is InChI=1S/C18H27N/c1-13-10-14(2)12-16(11-13)18(19)9-5-7-15-6-3-4-8-17(15)18/h3-4,6,8,13-14,16H,5,7,9-12,19H2,1-2H3. The van der Waals surface area contributed by atoms with Crippen molar-refractivity contribution in [3.05, 3.63) is 35.4 Å². The molecule has 3 rings (SSSR count). The van der Waals surface area contributed by atoms with Crippen LogP contribution in [0.3, 0.4) is 0 Å². The Hall–Kier alpha value is -0.820. The van der Waals surface area contributed by atoms with Gasteiger partial charge in [-0.3, -0.25) is 0 Å². The van der Waals surface area contributed by atoms with Crippen molar-refractivity contribution in [1.82, 2.24) is 0 Å². The predicted octanol–water partition coefficient (Wildman–Crippen LogP) is 4.25. The highest BCUT2D eigenvalue weighted by atomic mass is 14.8. The van der Waals surface area contributed by atoms with E-state index >= 15 is 0 Å². The topological polar surface area (TPSA) is 26.0 Å². The molecule has 2 aliphatic carbocycles. The Morgan fingerprint density at radius 3 is 2.47 bits per heavy atom. The van der Waals surface area contributed by atoms with Crippen molar-refractivity contribution >= 4 is 0 Å². The summed E-state index contributed by atoms with van der Waals surface area (Å²) in [6, 6.07) is 8.91. The van der Waals surface area contributed by atoms with Crippen LogP contribution in [0.5, 0.6) is 0 Å². The molecular formula is C18H27N. The van der Waals surface area contributed by atoms with E-state index in [0.29, 0.717) is 5.92 Å². The lowest BCUT2D eigenvalue weighted by Gasteiger charge is -2.46. The van der Waals surface area contributed by atoms with E-state index in [0.717, 1.165) is 11.8 Å². The molecule has 0 aromatic heterocycles. The minimum absolute atomic E-state index is 0.0578. The smallest absolute Gasteiger partial charge is 0.0441 e. The second kappa shape index (κ2) is 4.94. The number of hydrogen-bond donors (Lipinski definition) is 1. The van der Waals surface area contributed by atoms with Gasteiger partial charge in [0.1, 0.15) is 0 Å². The lowest BCUT2D eigenvalue weighted by Crippen LogP contribution is -2.49. The molecule has 19 heavy (non-hydrogen) atoms. The van der Waals surface area contributed by atoms with Gasteiger partial charge in [-0.2, -0.15) is 0 Å². The summed E-state index contributed by atoms with van der Waals surface area (Å²) < 4.78 is 0. The third-order valence-electron chi connectivity index (χ3n) is 5.46. The predicted molar refractivity (Wildman–Crippen MR) is 80.9 cm³/mol. The van der Waals surface area contributed by atoms with Gasteiger partial charge < -0.3 is 5.73 Å². The van der Waals surface area contributed by atoms with Crippen LogP contribution in [0.4, 0.5) is 0 Å². The highest BCUT2D eigenvalue weighted by Crippen LogP contribution is 2.47. The van der Waals surface area contributed by atoms with Gasteiger partial charge >= 0.3 is 0 Å². The van der Waals surface area contributed by atoms with Crippen molar-refractivity contribution in [2.24, 2.45) is 23.5 Å². The van der Waals surface area contributed by atoms with Gasteiger partial charge in [-0.25, -0.2) is 0 Å². The largest absolute Gasteiger partial charge is 0.321 e. The quantitative estimate of drug-likeness (QED) is 0.799. The summed E-state index contributed by atoms with van der Waals surface area (Å²) in [5, 5.41) is 0. The fraction of sp³-hybridized carbons (Fsp3) is 0.667. The van der Waals surface area contributed by atoms with E-state index < -0.39 is 0 Å². The lowest BCUT2D eigenvalue weighted by atomic mass is 9.62. The van der Waals surface area contributed by atoms with E-state index in [2.05, 4.69) is 38.1 Å². The maximum atomic E-state index is 6.97. The van der Waals surface area contributed by atoms with Gasteiger partial charge in [0.25, 0.3) is 0 Å². The second-order valence-electron chi connectivity index (χ2n) is 7.17. The highest BCUT2D eigenvalue weighted by Gasteiger charge is 2.42. The number of hydrogen-bond acceptors (Lipinski definition) is 1. The van der Waals surface area contributed by atoms with Gasteiger partial charge in [0, 0.05) is 5.54 Å². The Balaban J connectivity index is 1.95. The normalized spacial score (nSPS) is 38.8. The monoisotopic (exact) mass is 257 g/mol. The zero-order valence-corrected chi connectivity index (χ0v) is 12.4. The van der Waals surface area contributed by atoms with Crippen LogP contribution in [0.1, 0.15) is 57.1 Å². The van der Waals surface area contributed by atoms with Crippen LogP contribution in [0.25, 0.3) is 0 Å². The number of nitrogens with two attached hydrogens (primary N) is 1. The second-order valence-corrected chi connectivity index (χ2v) is 7.17. The molecule has 0 heterocycles. The van der Waals surface area contributed by atoms with Gasteiger partial charge in [0.05, 0.1) is 0 Å². The van der Waals surface area contributed by atoms with Gasteiger partial charge in [0.15, 0.2) is 0 Å². The molecule has 1 saturated carbocycles. The Kier molecular flexibility index (Phi) is 3.42. The number of aryl methyl sites for hydroxylation is 1. The number of rotatable bonds is 1. The molecule has 3 unspecified atom stereocenters. The molecule has 3 atom stereocenters. The Bertz CT molecular complexity index is 443. The van der Waals surface area contributed by atoms with E-state index in [1.807, 2.05) is 0 Å². The van der Waals surface area contributed by atoms with Crippen molar-refractivity contribution in [3.8, 4) is 0 Å². The van der Waals surface area contributed by atoms with E-state index in [4.69, 9.17) is 5.73 Å². The fourth-order valence-corrected chi connectivity index (χ4v) is 4.69. The Labute approximate surface area is 117 Å². The molecule has 104 valence electrons. The summed E-state index contributed by atoms with van der Waals surface area (Å²) in [7, 11) is 0. The molecule has 1 aromatic carbocycles. The van der Waals surface area contributed by atoms with Gasteiger partial charge in [-0.1, -0.05) is 38.1 Å². The van der Waals surface area contributed by atoms with Crippen LogP contribution in [-0.2, 0) is 12.0 Å². The van der Waals surface area contributed by atoms with Crippen molar-refractivity contribution < 1.29 is 0 Å². The highest BCUT2D eigenvalue weighted by molar-refractivity contribution is 5.36. The molecule has 0 saturated heterocycles. The molecule has 1 aromatic rings. The van der Waals surface area contributed by atoms with Crippen LogP contribution in [-0.4, -0.2) is 0 Å². The first kappa shape index (κ1) is 13.2. The lowest BCUT2D eigenvalue weighted by molar-refractivity contribution is 0.120. The third-order valence-corrected chi connectivity index (χ3v) is 5.46. The molecule has 1 heteroatoms. The van der Waals surface area contributed by atoms with Crippen molar-refractivity contribution in [3.63, 3.8) is 0 Å². The maximum Gasteiger partial charge on any atom is 0.0441 e. The molecule has 1 nitrogen and oxygen atoms in total. The van der Waals surface area contributed by atoms with Crippen LogP contribution in [0, 0.1) is 17.8 Å². The van der Waals surface area contributed by atoms with E-state index in [1.54, 1.807) is 0 Å². The summed E-state index contributed by atoms with van der Waals surface area (Å²) in [6.45, 7) is 4.81. The SMILES string of the molecule is CC1CC(C)CC(C2(N)CCCc3ccccc32)C1. The molecule has 0 bridgehead atoms. The zero-order chi connectivity index (χ0) is 13.5. The van der Waals surface area contributed by atoms with E-state index in [9.17, 15) is 0 Å². The average Bonchev–Trinajstić information content (AvgIpc) is 2.38. The Morgan fingerprint density at radius 1 is 1.05 bits per heavy atom. The van der Waals surface area contributed by atoms with Crippen LogP contribution < -0.4 is 5.73 Å². The first-order valence-corrected chi connectivity index (χ1v) is 7.97. The molecule has 0 aliphatic heterocycles. The Morgan fingerprint density at radius 2 is 1.74 bits per heavy atom. The minimum Gasteiger partial charge on any atom is -0.321 e. The molecule has 0 amide bonds. The van der Waals surface area contributed by atoms with Gasteiger partial charge in [-0.05, 0) is 67.4 Å². The van der Waals surface area contributed by atoms with Crippen molar-refractivity contribution in [1.29, 1.82) is 0 Å². The molecule has 2 aliphatic rings. The molecule has 1 fully saturated rings. The van der Waals surface area contributed by atoms with Crippen molar-refractivity contribution in [2.45, 2.75) is 57.9 Å². The summed E-state index contributed by atoms with van der Waals surface area (Å²) >= 11 is 0. The fourth-order valence-electron chi connectivity index (χ4n) is 4.69. The zero-order valence-electron chi connectivity index (χ0n) is 12.4. The molecule has 0 radical (unpaired) electrons. The van der Waals surface area contributed by atoms with E-state index in [1.165, 1.54) is 49.7 Å². The van der Waals surface area contributed by atoms with Crippen molar-refractivity contribution in [2.75, 3.05) is 0 Å². The summed E-state index contributed by atoms with van der Waals surface area (Å²) in [5.74, 6) is 2.35. The average molecular weight is 257 g/mol. The van der Waals surface area contributed by atoms with Gasteiger partial charge in [-0.15, -0.1) is 0 Å². The molecular weight excluding hydrogens is 230 g/mol. The first-order chi connectivity index (χ1) is 9.09. The first-order valence-electron chi connectivity index (χ1n) is 7.97. The number of benzene rings is 1. The minimum atomic E-state index is -0.0578. The van der Waals surface area contributed by atoms with Crippen LogP contribution >= 0.6 is 0 Å². The maximum absolute atomic E-state index is 6.97. The molecule has 2 N–H and O–H groups in total. The summed E-state index contributed by atoms with van der Waals surface area (Å²) in [5.41, 5.74) is 9.87. The number of fused-ring (bicyclic) bond motifs is 1.